The van der Waals surface area contributed by atoms with E-state index >= 15 is 0 Å². The molecule has 0 spiro atoms. The Hall–Kier alpha value is -2.95. The van der Waals surface area contributed by atoms with Crippen LogP contribution in [-0.4, -0.2) is 21.0 Å². The third-order valence-corrected chi connectivity index (χ3v) is 6.33. The first-order valence-electron chi connectivity index (χ1n) is 10.7. The third-order valence-electron chi connectivity index (χ3n) is 6.08. The van der Waals surface area contributed by atoms with Gasteiger partial charge in [0, 0.05) is 48.3 Å². The van der Waals surface area contributed by atoms with E-state index in [1.54, 1.807) is 6.20 Å². The maximum atomic E-state index is 13.6. The van der Waals surface area contributed by atoms with Gasteiger partial charge in [0.2, 0.25) is 0 Å². The van der Waals surface area contributed by atoms with Gasteiger partial charge in [0.1, 0.15) is 5.65 Å². The lowest BCUT2D eigenvalue weighted by Crippen LogP contribution is -2.37. The number of benzene rings is 2. The van der Waals surface area contributed by atoms with Crippen LogP contribution in [0.3, 0.4) is 0 Å². The largest absolute Gasteiger partial charge is 0.294 e. The van der Waals surface area contributed by atoms with Crippen molar-refractivity contribution in [2.75, 3.05) is 6.54 Å². The van der Waals surface area contributed by atoms with Crippen molar-refractivity contribution in [2.24, 2.45) is 0 Å². The minimum Gasteiger partial charge on any atom is -0.294 e. The van der Waals surface area contributed by atoms with Crippen LogP contribution in [0.4, 0.5) is 0 Å². The summed E-state index contributed by atoms with van der Waals surface area (Å²) in [7, 11) is 0. The Morgan fingerprint density at radius 3 is 2.52 bits per heavy atom. The van der Waals surface area contributed by atoms with Gasteiger partial charge in [-0.2, -0.15) is 0 Å². The van der Waals surface area contributed by atoms with Crippen molar-refractivity contribution < 1.29 is 0 Å². The number of hydrogen-bond donors (Lipinski definition) is 0. The molecule has 5 heteroatoms. The number of halogens is 1. The van der Waals surface area contributed by atoms with Crippen LogP contribution in [0.2, 0.25) is 5.02 Å². The molecule has 0 atom stereocenters. The third kappa shape index (κ3) is 4.14. The molecule has 0 saturated heterocycles. The molecular formula is C26H24ClN3O. The topological polar surface area (TPSA) is 38.1 Å². The molecule has 4 nitrogen and oxygen atoms in total. The molecule has 0 radical (unpaired) electrons. The van der Waals surface area contributed by atoms with E-state index in [4.69, 9.17) is 11.6 Å². The zero-order valence-corrected chi connectivity index (χ0v) is 18.1. The molecule has 156 valence electrons. The predicted molar refractivity (Wildman–Crippen MR) is 125 cm³/mol. The van der Waals surface area contributed by atoms with E-state index in [9.17, 15) is 4.79 Å². The average molecular weight is 430 g/mol. The maximum absolute atomic E-state index is 13.6. The van der Waals surface area contributed by atoms with Crippen LogP contribution in [0.5, 0.6) is 0 Å². The Bertz CT molecular complexity index is 1270. The van der Waals surface area contributed by atoms with Gasteiger partial charge in [0.15, 0.2) is 0 Å². The molecule has 0 bridgehead atoms. The summed E-state index contributed by atoms with van der Waals surface area (Å²) >= 11 is 6.03. The van der Waals surface area contributed by atoms with Crippen molar-refractivity contribution in [1.29, 1.82) is 0 Å². The minimum absolute atomic E-state index is 0.0953. The highest BCUT2D eigenvalue weighted by atomic mass is 35.5. The summed E-state index contributed by atoms with van der Waals surface area (Å²) in [6.07, 6.45) is 3.45. The van der Waals surface area contributed by atoms with Crippen LogP contribution in [0.25, 0.3) is 11.0 Å². The molecule has 2 aromatic carbocycles. The number of hydrogen-bond acceptors (Lipinski definition) is 3. The minimum atomic E-state index is 0.0953. The van der Waals surface area contributed by atoms with Gasteiger partial charge in [0.25, 0.3) is 5.56 Å². The van der Waals surface area contributed by atoms with Gasteiger partial charge in [-0.1, -0.05) is 54.1 Å². The Kier molecular flexibility index (Phi) is 5.58. The van der Waals surface area contributed by atoms with Crippen molar-refractivity contribution in [3.05, 3.63) is 111 Å². The molecule has 0 amide bonds. The molecule has 31 heavy (non-hydrogen) atoms. The van der Waals surface area contributed by atoms with Crippen LogP contribution in [0.1, 0.15) is 22.3 Å². The van der Waals surface area contributed by atoms with Gasteiger partial charge < -0.3 is 0 Å². The maximum Gasteiger partial charge on any atom is 0.257 e. The molecule has 0 fully saturated rings. The average Bonchev–Trinajstić information content (AvgIpc) is 2.81. The highest BCUT2D eigenvalue weighted by Crippen LogP contribution is 2.25. The van der Waals surface area contributed by atoms with E-state index in [2.05, 4.69) is 40.2 Å². The van der Waals surface area contributed by atoms with Gasteiger partial charge in [-0.25, -0.2) is 4.98 Å². The number of nitrogens with zero attached hydrogens (tertiary/aromatic N) is 3. The predicted octanol–water partition coefficient (Wildman–Crippen LogP) is 4.85. The number of aryl methyl sites for hydroxylation is 2. The first-order chi connectivity index (χ1) is 15.2. The summed E-state index contributed by atoms with van der Waals surface area (Å²) in [5, 5.41) is 1.85. The van der Waals surface area contributed by atoms with E-state index in [1.807, 2.05) is 41.0 Å². The molecule has 3 heterocycles. The van der Waals surface area contributed by atoms with Crippen LogP contribution < -0.4 is 5.56 Å². The number of pyridine rings is 2. The zero-order valence-electron chi connectivity index (χ0n) is 17.3. The van der Waals surface area contributed by atoms with Crippen molar-refractivity contribution in [3.8, 4) is 0 Å². The molecule has 0 unspecified atom stereocenters. The summed E-state index contributed by atoms with van der Waals surface area (Å²) in [4.78, 5) is 20.5. The lowest BCUT2D eigenvalue weighted by molar-refractivity contribution is 0.244. The lowest BCUT2D eigenvalue weighted by Gasteiger charge is -2.30. The van der Waals surface area contributed by atoms with Gasteiger partial charge >= 0.3 is 0 Å². The second-order valence-electron chi connectivity index (χ2n) is 8.11. The van der Waals surface area contributed by atoms with Gasteiger partial charge in [-0.05, 0) is 53.8 Å². The van der Waals surface area contributed by atoms with Gasteiger partial charge in [-0.3, -0.25) is 14.3 Å². The lowest BCUT2D eigenvalue weighted by atomic mass is 9.97. The molecule has 4 aromatic rings. The highest BCUT2D eigenvalue weighted by molar-refractivity contribution is 6.30. The summed E-state index contributed by atoms with van der Waals surface area (Å²) < 4.78 is 1.87. The fraction of sp³-hybridized carbons (Fsp3) is 0.231. The molecule has 2 aromatic heterocycles. The summed E-state index contributed by atoms with van der Waals surface area (Å²) in [5.74, 6) is 0. The monoisotopic (exact) mass is 429 g/mol. The van der Waals surface area contributed by atoms with E-state index in [1.165, 1.54) is 11.1 Å². The Morgan fingerprint density at radius 1 is 0.903 bits per heavy atom. The number of aromatic nitrogens is 2. The van der Waals surface area contributed by atoms with Crippen LogP contribution in [0, 0.1) is 0 Å². The SMILES string of the molecule is O=c1c2c(c3cccnc3n1CCc1ccccc1)CCN(Cc1ccc(Cl)cc1)C2. The fourth-order valence-corrected chi connectivity index (χ4v) is 4.62. The Balaban J connectivity index is 1.48. The first-order valence-corrected chi connectivity index (χ1v) is 11.1. The van der Waals surface area contributed by atoms with Crippen molar-refractivity contribution in [2.45, 2.75) is 32.5 Å². The van der Waals surface area contributed by atoms with Gasteiger partial charge in [0.05, 0.1) is 0 Å². The van der Waals surface area contributed by atoms with E-state index < -0.39 is 0 Å². The quantitative estimate of drug-likeness (QED) is 0.455. The molecule has 0 aliphatic carbocycles. The molecular weight excluding hydrogens is 406 g/mol. The number of rotatable bonds is 5. The van der Waals surface area contributed by atoms with E-state index in [-0.39, 0.29) is 5.56 Å². The molecule has 1 aliphatic rings. The smallest absolute Gasteiger partial charge is 0.257 e. The summed E-state index contributed by atoms with van der Waals surface area (Å²) in [6, 6.07) is 22.3. The first kappa shape index (κ1) is 20.0. The summed E-state index contributed by atoms with van der Waals surface area (Å²) in [6.45, 7) is 3.02. The molecule has 1 aliphatic heterocycles. The second-order valence-corrected chi connectivity index (χ2v) is 8.55. The van der Waals surface area contributed by atoms with Gasteiger partial charge in [-0.15, -0.1) is 0 Å². The Morgan fingerprint density at radius 2 is 1.71 bits per heavy atom. The zero-order chi connectivity index (χ0) is 21.2. The molecule has 0 saturated carbocycles. The Labute approximate surface area is 186 Å². The standard InChI is InChI=1S/C26H24ClN3O/c27-21-10-8-20(9-11-21)17-29-15-13-22-23-7-4-14-28-25(23)30(26(31)24(22)18-29)16-12-19-5-2-1-3-6-19/h1-11,14H,12-13,15-18H2. The van der Waals surface area contributed by atoms with Crippen LogP contribution >= 0.6 is 11.6 Å². The fourth-order valence-electron chi connectivity index (χ4n) is 4.50. The highest BCUT2D eigenvalue weighted by Gasteiger charge is 2.24. The number of fused-ring (bicyclic) bond motifs is 3. The van der Waals surface area contributed by atoms with E-state index in [0.29, 0.717) is 13.1 Å². The van der Waals surface area contributed by atoms with Crippen molar-refractivity contribution in [1.82, 2.24) is 14.5 Å². The van der Waals surface area contributed by atoms with Crippen molar-refractivity contribution >= 4 is 22.6 Å². The van der Waals surface area contributed by atoms with E-state index in [0.717, 1.165) is 53.1 Å². The van der Waals surface area contributed by atoms with Crippen molar-refractivity contribution in [3.63, 3.8) is 0 Å². The van der Waals surface area contributed by atoms with Crippen LogP contribution in [0.15, 0.2) is 77.7 Å². The van der Waals surface area contributed by atoms with Crippen LogP contribution in [-0.2, 0) is 32.5 Å². The molecule has 0 N–H and O–H groups in total. The second kappa shape index (κ2) is 8.66. The normalized spacial score (nSPS) is 14.0. The summed E-state index contributed by atoms with van der Waals surface area (Å²) in [5.41, 5.74) is 5.40. The molecule has 5 rings (SSSR count).